The number of rotatable bonds is 5. The number of thiophene rings is 1. The van der Waals surface area contributed by atoms with E-state index in [1.165, 1.54) is 11.3 Å². The van der Waals surface area contributed by atoms with Gasteiger partial charge >= 0.3 is 0 Å². The lowest BCUT2D eigenvalue weighted by molar-refractivity contribution is -0.114. The molecular formula is C19H17ClN6O2S. The van der Waals surface area contributed by atoms with E-state index in [1.54, 1.807) is 18.2 Å². The molecule has 0 aliphatic heterocycles. The Hall–Kier alpha value is -3.13. The van der Waals surface area contributed by atoms with Crippen LogP contribution in [0, 0.1) is 20.8 Å². The van der Waals surface area contributed by atoms with Crippen LogP contribution in [0.3, 0.4) is 0 Å². The fourth-order valence-electron chi connectivity index (χ4n) is 2.94. The first-order valence-electron chi connectivity index (χ1n) is 8.59. The van der Waals surface area contributed by atoms with Gasteiger partial charge in [0.2, 0.25) is 5.91 Å². The summed E-state index contributed by atoms with van der Waals surface area (Å²) in [5, 5.41) is 10.1. The first-order chi connectivity index (χ1) is 13.8. The number of fused-ring (bicyclic) bond motifs is 1. The highest BCUT2D eigenvalue weighted by Crippen LogP contribution is 2.38. The van der Waals surface area contributed by atoms with Crippen molar-refractivity contribution in [3.8, 4) is 0 Å². The number of amides is 2. The maximum atomic E-state index is 13.0. The van der Waals surface area contributed by atoms with Gasteiger partial charge in [-0.25, -0.2) is 4.98 Å². The molecule has 8 nitrogen and oxygen atoms in total. The molecule has 2 N–H and O–H groups in total. The minimum absolute atomic E-state index is 0.310. The average molecular weight is 429 g/mol. The number of carbonyl (C=O) groups is 2. The Morgan fingerprint density at radius 3 is 2.66 bits per heavy atom. The Labute approximate surface area is 175 Å². The number of hydrogen-bond acceptors (Lipinski definition) is 5. The molecule has 10 heteroatoms. The second kappa shape index (κ2) is 8.48. The first-order valence-corrected chi connectivity index (χ1v) is 9.78. The Bertz CT molecular complexity index is 1180. The van der Waals surface area contributed by atoms with Crippen molar-refractivity contribution in [2.75, 3.05) is 17.2 Å². The number of hydrogen-bond donors (Lipinski definition) is 2. The number of aromatic nitrogens is 1. The van der Waals surface area contributed by atoms with E-state index in [0.717, 1.165) is 16.8 Å². The van der Waals surface area contributed by atoms with Gasteiger partial charge in [-0.05, 0) is 61.7 Å². The van der Waals surface area contributed by atoms with Crippen LogP contribution in [0.15, 0.2) is 29.4 Å². The lowest BCUT2D eigenvalue weighted by atomic mass is 10.1. The van der Waals surface area contributed by atoms with E-state index in [9.17, 15) is 9.59 Å². The van der Waals surface area contributed by atoms with Crippen LogP contribution in [0.1, 0.15) is 26.5 Å². The van der Waals surface area contributed by atoms with Crippen molar-refractivity contribution in [3.05, 3.63) is 61.4 Å². The molecule has 0 aliphatic carbocycles. The summed E-state index contributed by atoms with van der Waals surface area (Å²) >= 11 is 7.17. The molecule has 2 amide bonds. The Morgan fingerprint density at radius 1 is 1.21 bits per heavy atom. The lowest BCUT2D eigenvalue weighted by Gasteiger charge is -2.10. The number of azide groups is 1. The Balaban J connectivity index is 2.06. The molecule has 3 rings (SSSR count). The quantitative estimate of drug-likeness (QED) is 0.322. The van der Waals surface area contributed by atoms with Crippen LogP contribution in [0.5, 0.6) is 0 Å². The van der Waals surface area contributed by atoms with Gasteiger partial charge in [0, 0.05) is 26.7 Å². The fourth-order valence-corrected chi connectivity index (χ4v) is 4.32. The number of benzene rings is 1. The van der Waals surface area contributed by atoms with Crippen LogP contribution in [-0.4, -0.2) is 23.3 Å². The number of pyridine rings is 1. The zero-order valence-electron chi connectivity index (χ0n) is 15.9. The van der Waals surface area contributed by atoms with Gasteiger partial charge < -0.3 is 10.6 Å². The largest absolute Gasteiger partial charge is 0.324 e. The standard InChI is InChI=1S/C19H17ClN6O2S/c1-9-7-12(20)4-5-13(9)24-18(28)17-16(25-14(27)8-22-26-21)15-10(2)6-11(3)23-19(15)29-17/h4-7H,8H2,1-3H3,(H,24,28)(H,25,27). The summed E-state index contributed by atoms with van der Waals surface area (Å²) in [5.74, 6) is -0.895. The second-order valence-electron chi connectivity index (χ2n) is 6.42. The first kappa shape index (κ1) is 20.6. The second-order valence-corrected chi connectivity index (χ2v) is 7.85. The van der Waals surface area contributed by atoms with Gasteiger partial charge in [-0.15, -0.1) is 11.3 Å². The predicted octanol–water partition coefficient (Wildman–Crippen LogP) is 5.38. The highest BCUT2D eigenvalue weighted by Gasteiger charge is 2.23. The van der Waals surface area contributed by atoms with Gasteiger partial charge in [0.05, 0.1) is 5.69 Å². The smallest absolute Gasteiger partial charge is 0.267 e. The van der Waals surface area contributed by atoms with Crippen LogP contribution in [0.4, 0.5) is 11.4 Å². The van der Waals surface area contributed by atoms with Crippen molar-refractivity contribution in [3.63, 3.8) is 0 Å². The van der Waals surface area contributed by atoms with Crippen molar-refractivity contribution in [1.82, 2.24) is 4.98 Å². The van der Waals surface area contributed by atoms with Gasteiger partial charge in [0.25, 0.3) is 5.91 Å². The van der Waals surface area contributed by atoms with E-state index in [1.807, 2.05) is 26.8 Å². The van der Waals surface area contributed by atoms with Crippen molar-refractivity contribution in [2.45, 2.75) is 20.8 Å². The number of aryl methyl sites for hydroxylation is 3. The molecule has 0 atom stereocenters. The minimum Gasteiger partial charge on any atom is -0.324 e. The highest BCUT2D eigenvalue weighted by molar-refractivity contribution is 7.21. The summed E-state index contributed by atoms with van der Waals surface area (Å²) in [7, 11) is 0. The molecule has 0 saturated carbocycles. The molecule has 29 heavy (non-hydrogen) atoms. The number of nitrogens with one attached hydrogen (secondary N) is 2. The molecule has 3 aromatic rings. The third-order valence-electron chi connectivity index (χ3n) is 4.17. The minimum atomic E-state index is -0.515. The van der Waals surface area contributed by atoms with Crippen molar-refractivity contribution >= 4 is 56.3 Å². The molecule has 0 aliphatic rings. The summed E-state index contributed by atoms with van der Waals surface area (Å²) in [6.07, 6.45) is 0. The van der Waals surface area contributed by atoms with E-state index in [2.05, 4.69) is 25.6 Å². The maximum Gasteiger partial charge on any atom is 0.267 e. The summed E-state index contributed by atoms with van der Waals surface area (Å²) in [5.41, 5.74) is 11.9. The van der Waals surface area contributed by atoms with Crippen molar-refractivity contribution < 1.29 is 9.59 Å². The lowest BCUT2D eigenvalue weighted by Crippen LogP contribution is -2.18. The zero-order chi connectivity index (χ0) is 21.1. The number of halogens is 1. The average Bonchev–Trinajstić information content (AvgIpc) is 3.00. The van der Waals surface area contributed by atoms with Gasteiger partial charge in [0.1, 0.15) is 16.3 Å². The third-order valence-corrected chi connectivity index (χ3v) is 5.49. The number of nitrogens with zero attached hydrogens (tertiary/aromatic N) is 4. The van der Waals surface area contributed by atoms with Crippen LogP contribution in [0.25, 0.3) is 20.7 Å². The Kier molecular flexibility index (Phi) is 6.03. The Morgan fingerprint density at radius 2 is 1.97 bits per heavy atom. The van der Waals surface area contributed by atoms with E-state index < -0.39 is 5.91 Å². The number of carbonyl (C=O) groups excluding carboxylic acids is 2. The molecule has 0 spiro atoms. The van der Waals surface area contributed by atoms with Gasteiger partial charge in [-0.2, -0.15) is 0 Å². The summed E-state index contributed by atoms with van der Waals surface area (Å²) in [6.45, 7) is 5.22. The van der Waals surface area contributed by atoms with E-state index in [4.69, 9.17) is 17.1 Å². The molecule has 2 aromatic heterocycles. The van der Waals surface area contributed by atoms with E-state index >= 15 is 0 Å². The summed E-state index contributed by atoms with van der Waals surface area (Å²) in [4.78, 5) is 33.2. The molecule has 148 valence electrons. The maximum absolute atomic E-state index is 13.0. The molecular weight excluding hydrogens is 412 g/mol. The predicted molar refractivity (Wildman–Crippen MR) is 116 cm³/mol. The summed E-state index contributed by atoms with van der Waals surface area (Å²) in [6, 6.07) is 7.03. The third kappa shape index (κ3) is 4.48. The van der Waals surface area contributed by atoms with Crippen LogP contribution >= 0.6 is 22.9 Å². The van der Waals surface area contributed by atoms with Crippen LogP contribution < -0.4 is 10.6 Å². The van der Waals surface area contributed by atoms with Crippen molar-refractivity contribution in [1.29, 1.82) is 0 Å². The highest BCUT2D eigenvalue weighted by atomic mass is 35.5. The van der Waals surface area contributed by atoms with Crippen LogP contribution in [-0.2, 0) is 4.79 Å². The summed E-state index contributed by atoms with van der Waals surface area (Å²) < 4.78 is 0. The molecule has 0 bridgehead atoms. The van der Waals surface area contributed by atoms with E-state index in [-0.39, 0.29) is 12.5 Å². The molecule has 2 heterocycles. The molecule has 1 aromatic carbocycles. The molecule has 0 radical (unpaired) electrons. The molecule has 0 unspecified atom stereocenters. The number of anilines is 2. The van der Waals surface area contributed by atoms with Gasteiger partial charge in [-0.3, -0.25) is 9.59 Å². The molecule has 0 saturated heterocycles. The van der Waals surface area contributed by atoms with Crippen molar-refractivity contribution in [2.24, 2.45) is 5.11 Å². The monoisotopic (exact) mass is 428 g/mol. The van der Waals surface area contributed by atoms with Gasteiger partial charge in [0.15, 0.2) is 0 Å². The SMILES string of the molecule is Cc1cc(C)c2c(NC(=O)CN=[N+]=[N-])c(C(=O)Nc3ccc(Cl)cc3C)sc2n1. The fraction of sp³-hybridized carbons (Fsp3) is 0.211. The molecule has 0 fully saturated rings. The van der Waals surface area contributed by atoms with E-state index in [0.29, 0.717) is 31.5 Å². The zero-order valence-corrected chi connectivity index (χ0v) is 17.5. The van der Waals surface area contributed by atoms with Gasteiger partial charge in [-0.1, -0.05) is 16.7 Å². The topological polar surface area (TPSA) is 120 Å². The van der Waals surface area contributed by atoms with Crippen LogP contribution in [0.2, 0.25) is 5.02 Å². The normalized spacial score (nSPS) is 10.5.